The van der Waals surface area contributed by atoms with Gasteiger partial charge >= 0.3 is 6.03 Å². The maximum absolute atomic E-state index is 11.1. The van der Waals surface area contributed by atoms with Crippen molar-refractivity contribution in [1.29, 1.82) is 5.26 Å². The number of carbonyl (C=O) groups excluding carboxylic acids is 1. The normalized spacial score (nSPS) is 11.3. The van der Waals surface area contributed by atoms with E-state index in [1.165, 1.54) is 4.90 Å². The first kappa shape index (κ1) is 15.4. The van der Waals surface area contributed by atoms with Gasteiger partial charge in [0.25, 0.3) is 0 Å². The third kappa shape index (κ3) is 3.55. The van der Waals surface area contributed by atoms with Gasteiger partial charge in [-0.25, -0.2) is 4.79 Å². The highest BCUT2D eigenvalue weighted by Gasteiger charge is 2.10. The second kappa shape index (κ2) is 6.64. The maximum Gasteiger partial charge on any atom is 0.318 e. The summed E-state index contributed by atoms with van der Waals surface area (Å²) in [5.74, 6) is 0.677. The molecule has 5 heteroatoms. The molecule has 0 aliphatic heterocycles. The van der Waals surface area contributed by atoms with E-state index in [4.69, 9.17) is 15.7 Å². The summed E-state index contributed by atoms with van der Waals surface area (Å²) in [4.78, 5) is 12.4. The monoisotopic (exact) mass is 295 g/mol. The summed E-state index contributed by atoms with van der Waals surface area (Å²) in [5, 5.41) is 8.93. The van der Waals surface area contributed by atoms with E-state index in [0.717, 1.165) is 5.56 Å². The van der Waals surface area contributed by atoms with Crippen LogP contribution in [0.15, 0.2) is 48.5 Å². The highest BCUT2D eigenvalue weighted by atomic mass is 16.5. The third-order valence-electron chi connectivity index (χ3n) is 3.35. The SMILES string of the molecule is C[C@H](Oc1ccc(N(C)C(N)=O)cc1)c1cccc(C#N)c1. The third-order valence-corrected chi connectivity index (χ3v) is 3.35. The fraction of sp³-hybridized carbons (Fsp3) is 0.176. The fourth-order valence-electron chi connectivity index (χ4n) is 2.01. The molecule has 2 amide bonds. The van der Waals surface area contributed by atoms with Crippen LogP contribution < -0.4 is 15.4 Å². The van der Waals surface area contributed by atoms with E-state index in [1.807, 2.05) is 19.1 Å². The van der Waals surface area contributed by atoms with Crippen molar-refractivity contribution >= 4 is 11.7 Å². The molecule has 0 aromatic heterocycles. The standard InChI is InChI=1S/C17H17N3O2/c1-12(14-5-3-4-13(10-14)11-18)22-16-8-6-15(7-9-16)20(2)17(19)21/h3-10,12H,1-2H3,(H2,19,21)/t12-/m0/s1. The second-order valence-electron chi connectivity index (χ2n) is 4.89. The van der Waals surface area contributed by atoms with Gasteiger partial charge in [-0.2, -0.15) is 5.26 Å². The lowest BCUT2D eigenvalue weighted by Crippen LogP contribution is -2.31. The highest BCUT2D eigenvalue weighted by Crippen LogP contribution is 2.24. The zero-order chi connectivity index (χ0) is 16.1. The molecule has 0 bridgehead atoms. The van der Waals surface area contributed by atoms with Gasteiger partial charge in [-0.05, 0) is 48.9 Å². The Morgan fingerprint density at radius 3 is 2.55 bits per heavy atom. The minimum atomic E-state index is -0.518. The minimum Gasteiger partial charge on any atom is -0.486 e. The van der Waals surface area contributed by atoms with Crippen LogP contribution in [0.3, 0.4) is 0 Å². The molecule has 2 aromatic rings. The Hall–Kier alpha value is -3.00. The number of hydrogen-bond acceptors (Lipinski definition) is 3. The van der Waals surface area contributed by atoms with E-state index < -0.39 is 6.03 Å². The van der Waals surface area contributed by atoms with E-state index in [0.29, 0.717) is 17.0 Å². The molecule has 1 atom stereocenters. The average molecular weight is 295 g/mol. The molecule has 5 nitrogen and oxygen atoms in total. The van der Waals surface area contributed by atoms with Gasteiger partial charge in [0, 0.05) is 12.7 Å². The molecule has 2 N–H and O–H groups in total. The first-order valence-electron chi connectivity index (χ1n) is 6.81. The molecule has 2 rings (SSSR count). The summed E-state index contributed by atoms with van der Waals surface area (Å²) in [7, 11) is 1.61. The summed E-state index contributed by atoms with van der Waals surface area (Å²) in [6.07, 6.45) is -0.187. The van der Waals surface area contributed by atoms with Crippen molar-refractivity contribution in [2.45, 2.75) is 13.0 Å². The molecule has 0 fully saturated rings. The zero-order valence-electron chi connectivity index (χ0n) is 12.5. The first-order chi connectivity index (χ1) is 10.5. The number of primary amides is 1. The molecular formula is C17H17N3O2. The predicted molar refractivity (Wildman–Crippen MR) is 84.6 cm³/mol. The van der Waals surface area contributed by atoms with Gasteiger partial charge in [0.15, 0.2) is 0 Å². The summed E-state index contributed by atoms with van der Waals surface area (Å²) in [6, 6.07) is 16.0. The number of nitriles is 1. The lowest BCUT2D eigenvalue weighted by molar-refractivity contribution is 0.227. The number of rotatable bonds is 4. The smallest absolute Gasteiger partial charge is 0.318 e. The Bertz CT molecular complexity index is 705. The molecule has 0 aliphatic carbocycles. The highest BCUT2D eigenvalue weighted by molar-refractivity contribution is 5.90. The van der Waals surface area contributed by atoms with E-state index in [2.05, 4.69) is 6.07 Å². The quantitative estimate of drug-likeness (QED) is 0.940. The summed E-state index contributed by atoms with van der Waals surface area (Å²) < 4.78 is 5.85. The molecule has 2 aromatic carbocycles. The maximum atomic E-state index is 11.1. The van der Waals surface area contributed by atoms with E-state index >= 15 is 0 Å². The molecule has 0 saturated carbocycles. The van der Waals surface area contributed by atoms with Crippen LogP contribution >= 0.6 is 0 Å². The lowest BCUT2D eigenvalue weighted by Gasteiger charge is -2.17. The van der Waals surface area contributed by atoms with Gasteiger partial charge in [-0.15, -0.1) is 0 Å². The molecule has 0 unspecified atom stereocenters. The Kier molecular flexibility index (Phi) is 4.64. The van der Waals surface area contributed by atoms with Crippen molar-refractivity contribution in [3.8, 4) is 11.8 Å². The molecule has 0 aliphatic rings. The van der Waals surface area contributed by atoms with Gasteiger partial charge in [-0.1, -0.05) is 12.1 Å². The summed E-state index contributed by atoms with van der Waals surface area (Å²) >= 11 is 0. The van der Waals surface area contributed by atoms with Crippen LogP contribution in [-0.2, 0) is 0 Å². The Morgan fingerprint density at radius 2 is 1.95 bits per heavy atom. The predicted octanol–water partition coefficient (Wildman–Crippen LogP) is 3.21. The van der Waals surface area contributed by atoms with Crippen molar-refractivity contribution in [1.82, 2.24) is 0 Å². The van der Waals surface area contributed by atoms with Crippen LogP contribution in [0.25, 0.3) is 0 Å². The van der Waals surface area contributed by atoms with Gasteiger partial charge in [0.05, 0.1) is 11.6 Å². The van der Waals surface area contributed by atoms with Crippen LogP contribution in [0.5, 0.6) is 5.75 Å². The number of nitrogens with two attached hydrogens (primary N) is 1. The zero-order valence-corrected chi connectivity index (χ0v) is 12.5. The number of anilines is 1. The van der Waals surface area contributed by atoms with Gasteiger partial charge in [-0.3, -0.25) is 4.90 Å². The number of ether oxygens (including phenoxy) is 1. The number of urea groups is 1. The molecular weight excluding hydrogens is 278 g/mol. The van der Waals surface area contributed by atoms with Crippen molar-refractivity contribution in [2.75, 3.05) is 11.9 Å². The largest absolute Gasteiger partial charge is 0.486 e. The van der Waals surface area contributed by atoms with Crippen LogP contribution in [0.2, 0.25) is 0 Å². The van der Waals surface area contributed by atoms with Crippen molar-refractivity contribution in [3.63, 3.8) is 0 Å². The van der Waals surface area contributed by atoms with Crippen LogP contribution in [0.4, 0.5) is 10.5 Å². The molecule has 0 heterocycles. The lowest BCUT2D eigenvalue weighted by atomic mass is 10.1. The molecule has 0 saturated heterocycles. The minimum absolute atomic E-state index is 0.187. The Morgan fingerprint density at radius 1 is 1.27 bits per heavy atom. The molecule has 22 heavy (non-hydrogen) atoms. The molecule has 112 valence electrons. The number of carbonyl (C=O) groups is 1. The number of nitrogens with zero attached hydrogens (tertiary/aromatic N) is 2. The average Bonchev–Trinajstić information content (AvgIpc) is 2.54. The summed E-state index contributed by atoms with van der Waals surface area (Å²) in [5.41, 5.74) is 7.44. The van der Waals surface area contributed by atoms with Crippen LogP contribution in [-0.4, -0.2) is 13.1 Å². The van der Waals surface area contributed by atoms with Gasteiger partial charge < -0.3 is 10.5 Å². The van der Waals surface area contributed by atoms with Gasteiger partial charge in [0.2, 0.25) is 0 Å². The van der Waals surface area contributed by atoms with E-state index in [9.17, 15) is 4.79 Å². The summed E-state index contributed by atoms with van der Waals surface area (Å²) in [6.45, 7) is 1.92. The van der Waals surface area contributed by atoms with Crippen LogP contribution in [0.1, 0.15) is 24.2 Å². The fourth-order valence-corrected chi connectivity index (χ4v) is 2.01. The van der Waals surface area contributed by atoms with Crippen molar-refractivity contribution in [3.05, 3.63) is 59.7 Å². The van der Waals surface area contributed by atoms with Crippen molar-refractivity contribution in [2.24, 2.45) is 5.73 Å². The topological polar surface area (TPSA) is 79.3 Å². The molecule has 0 radical (unpaired) electrons. The number of hydrogen-bond donors (Lipinski definition) is 1. The first-order valence-corrected chi connectivity index (χ1v) is 6.81. The number of amides is 2. The molecule has 0 spiro atoms. The Labute approximate surface area is 129 Å². The number of benzene rings is 2. The van der Waals surface area contributed by atoms with Gasteiger partial charge in [0.1, 0.15) is 11.9 Å². The van der Waals surface area contributed by atoms with E-state index in [-0.39, 0.29) is 6.10 Å². The van der Waals surface area contributed by atoms with Crippen LogP contribution in [0, 0.1) is 11.3 Å². The second-order valence-corrected chi connectivity index (χ2v) is 4.89. The van der Waals surface area contributed by atoms with Crippen molar-refractivity contribution < 1.29 is 9.53 Å². The Balaban J connectivity index is 2.10. The van der Waals surface area contributed by atoms with E-state index in [1.54, 1.807) is 43.4 Å².